The fourth-order valence-electron chi connectivity index (χ4n) is 3.46. The van der Waals surface area contributed by atoms with Crippen LogP contribution < -0.4 is 24.8 Å². The Kier molecular flexibility index (Phi) is 8.91. The van der Waals surface area contributed by atoms with E-state index in [0.29, 0.717) is 28.5 Å². The van der Waals surface area contributed by atoms with Crippen molar-refractivity contribution >= 4 is 39.8 Å². The lowest BCUT2D eigenvalue weighted by Gasteiger charge is -2.11. The predicted molar refractivity (Wildman–Crippen MR) is 138 cm³/mol. The summed E-state index contributed by atoms with van der Waals surface area (Å²) >= 11 is 0.999. The van der Waals surface area contributed by atoms with E-state index >= 15 is 0 Å². The van der Waals surface area contributed by atoms with Crippen molar-refractivity contribution < 1.29 is 33.3 Å². The zero-order valence-electron chi connectivity index (χ0n) is 20.7. The quantitative estimate of drug-likeness (QED) is 0.379. The molecule has 1 heterocycles. The molecule has 1 aromatic heterocycles. The molecule has 0 aliphatic rings. The Morgan fingerprint density at radius 1 is 0.889 bits per heavy atom. The number of thiophene rings is 1. The molecule has 3 rings (SSSR count). The fraction of sp³-hybridized carbons (Fsp3) is 0.269. The Hall–Kier alpha value is -4.05. The summed E-state index contributed by atoms with van der Waals surface area (Å²) < 4.78 is 20.9. The van der Waals surface area contributed by atoms with E-state index in [1.807, 2.05) is 0 Å². The summed E-state index contributed by atoms with van der Waals surface area (Å²) in [5, 5.41) is 5.81. The second kappa shape index (κ2) is 12.1. The zero-order chi connectivity index (χ0) is 26.2. The van der Waals surface area contributed by atoms with Gasteiger partial charge in [-0.25, -0.2) is 4.79 Å². The molecule has 0 aliphatic carbocycles. The van der Waals surface area contributed by atoms with Crippen molar-refractivity contribution in [2.24, 2.45) is 0 Å². The average molecular weight is 513 g/mol. The number of carbonyl (C=O) groups excluding carboxylic acids is 3. The van der Waals surface area contributed by atoms with Gasteiger partial charge in [-0.3, -0.25) is 9.59 Å². The molecule has 9 nitrogen and oxygen atoms in total. The zero-order valence-corrected chi connectivity index (χ0v) is 21.5. The number of ether oxygens (including phenoxy) is 4. The van der Waals surface area contributed by atoms with Gasteiger partial charge in [-0.15, -0.1) is 11.3 Å². The van der Waals surface area contributed by atoms with Crippen molar-refractivity contribution in [3.05, 3.63) is 64.0 Å². The number of amides is 2. The Labute approximate surface area is 213 Å². The first kappa shape index (κ1) is 26.6. The van der Waals surface area contributed by atoms with Crippen LogP contribution in [-0.4, -0.2) is 45.7 Å². The molecule has 0 fully saturated rings. The molecule has 0 radical (unpaired) electrons. The Bertz CT molecular complexity index is 1250. The molecule has 36 heavy (non-hydrogen) atoms. The third-order valence-electron chi connectivity index (χ3n) is 5.26. The molecular formula is C26H28N2O7S. The summed E-state index contributed by atoms with van der Waals surface area (Å²) in [6.45, 7) is 3.47. The maximum atomic E-state index is 13.2. The lowest BCUT2D eigenvalue weighted by atomic mass is 10.1. The summed E-state index contributed by atoms with van der Waals surface area (Å²) in [5.41, 5.74) is 1.71. The van der Waals surface area contributed by atoms with Crippen molar-refractivity contribution in [2.45, 2.75) is 20.3 Å². The van der Waals surface area contributed by atoms with E-state index in [1.54, 1.807) is 63.4 Å². The number of benzene rings is 2. The third kappa shape index (κ3) is 6.14. The Balaban J connectivity index is 1.89. The molecule has 0 unspecified atom stereocenters. The minimum absolute atomic E-state index is 0.0751. The SMILES string of the molecule is CCOC(=O)c1c(NC(=O)Cc2ccc(OC)cc2)sc(C(=O)Nc2cc(OC)ccc2OC)c1C. The third-order valence-corrected chi connectivity index (χ3v) is 6.47. The minimum atomic E-state index is -0.621. The van der Waals surface area contributed by atoms with E-state index in [2.05, 4.69) is 10.6 Å². The van der Waals surface area contributed by atoms with E-state index in [4.69, 9.17) is 18.9 Å². The average Bonchev–Trinajstić information content (AvgIpc) is 3.19. The van der Waals surface area contributed by atoms with Crippen LogP contribution in [0, 0.1) is 6.92 Å². The molecule has 0 spiro atoms. The lowest BCUT2D eigenvalue weighted by molar-refractivity contribution is -0.115. The van der Waals surface area contributed by atoms with Crippen LogP contribution in [0.3, 0.4) is 0 Å². The van der Waals surface area contributed by atoms with Crippen molar-refractivity contribution in [1.29, 1.82) is 0 Å². The van der Waals surface area contributed by atoms with Crippen LogP contribution in [0.25, 0.3) is 0 Å². The molecule has 0 saturated carbocycles. The van der Waals surface area contributed by atoms with Crippen LogP contribution in [0.5, 0.6) is 17.2 Å². The van der Waals surface area contributed by atoms with E-state index in [-0.39, 0.29) is 34.4 Å². The second-order valence-corrected chi connectivity index (χ2v) is 8.59. The van der Waals surface area contributed by atoms with Crippen LogP contribution in [0.1, 0.15) is 38.1 Å². The van der Waals surface area contributed by atoms with Crippen molar-refractivity contribution in [3.8, 4) is 17.2 Å². The van der Waals surface area contributed by atoms with Gasteiger partial charge in [-0.05, 0) is 49.2 Å². The highest BCUT2D eigenvalue weighted by Crippen LogP contribution is 2.36. The molecule has 190 valence electrons. The standard InChI is InChI=1S/C26H28N2O7S/c1-6-35-26(31)22-15(2)23(24(30)27-19-14-18(33-4)11-12-20(19)34-5)36-25(22)28-21(29)13-16-7-9-17(32-3)10-8-16/h7-12,14H,6,13H2,1-5H3,(H,27,30)(H,28,29). The van der Waals surface area contributed by atoms with Gasteiger partial charge in [0.25, 0.3) is 5.91 Å². The lowest BCUT2D eigenvalue weighted by Crippen LogP contribution is -2.16. The van der Waals surface area contributed by atoms with Gasteiger partial charge >= 0.3 is 5.97 Å². The van der Waals surface area contributed by atoms with E-state index in [0.717, 1.165) is 16.9 Å². The number of anilines is 2. The molecule has 3 aromatic rings. The topological polar surface area (TPSA) is 112 Å². The van der Waals surface area contributed by atoms with Crippen LogP contribution in [0.15, 0.2) is 42.5 Å². The first-order valence-electron chi connectivity index (χ1n) is 11.1. The predicted octanol–water partition coefficient (Wildman–Crippen LogP) is 4.69. The summed E-state index contributed by atoms with van der Waals surface area (Å²) in [5.74, 6) is 0.230. The Morgan fingerprint density at radius 2 is 1.56 bits per heavy atom. The van der Waals surface area contributed by atoms with Gasteiger partial charge in [-0.2, -0.15) is 0 Å². The normalized spacial score (nSPS) is 10.4. The van der Waals surface area contributed by atoms with Gasteiger partial charge < -0.3 is 29.6 Å². The molecular weight excluding hydrogens is 484 g/mol. The number of carbonyl (C=O) groups is 3. The number of hydrogen-bond donors (Lipinski definition) is 2. The number of methoxy groups -OCH3 is 3. The van der Waals surface area contributed by atoms with Crippen molar-refractivity contribution in [3.63, 3.8) is 0 Å². The maximum absolute atomic E-state index is 13.2. The fourth-order valence-corrected chi connectivity index (χ4v) is 4.56. The van der Waals surface area contributed by atoms with Crippen molar-refractivity contribution in [2.75, 3.05) is 38.6 Å². The summed E-state index contributed by atoms with van der Waals surface area (Å²) in [7, 11) is 4.57. The van der Waals surface area contributed by atoms with E-state index < -0.39 is 11.9 Å². The van der Waals surface area contributed by atoms with Crippen LogP contribution in [-0.2, 0) is 16.0 Å². The molecule has 2 aromatic carbocycles. The van der Waals surface area contributed by atoms with Gasteiger partial charge in [0.2, 0.25) is 5.91 Å². The highest BCUT2D eigenvalue weighted by atomic mass is 32.1. The van der Waals surface area contributed by atoms with Gasteiger partial charge in [0.05, 0.1) is 50.5 Å². The first-order chi connectivity index (χ1) is 17.3. The number of esters is 1. The number of rotatable bonds is 10. The highest BCUT2D eigenvalue weighted by Gasteiger charge is 2.27. The number of hydrogen-bond acceptors (Lipinski definition) is 8. The van der Waals surface area contributed by atoms with E-state index in [9.17, 15) is 14.4 Å². The molecule has 0 saturated heterocycles. The summed E-state index contributed by atoms with van der Waals surface area (Å²) in [4.78, 5) is 39.0. The highest BCUT2D eigenvalue weighted by molar-refractivity contribution is 7.19. The van der Waals surface area contributed by atoms with Gasteiger partial charge in [0.15, 0.2) is 0 Å². The molecule has 0 atom stereocenters. The summed E-state index contributed by atoms with van der Waals surface area (Å²) in [6, 6.07) is 12.1. The number of nitrogens with one attached hydrogen (secondary N) is 2. The van der Waals surface area contributed by atoms with Gasteiger partial charge in [-0.1, -0.05) is 12.1 Å². The summed E-state index contributed by atoms with van der Waals surface area (Å²) in [6.07, 6.45) is 0.0751. The van der Waals surface area contributed by atoms with Gasteiger partial charge in [0.1, 0.15) is 22.2 Å². The smallest absolute Gasteiger partial charge is 0.341 e. The van der Waals surface area contributed by atoms with Gasteiger partial charge in [0, 0.05) is 6.07 Å². The monoisotopic (exact) mass is 512 g/mol. The largest absolute Gasteiger partial charge is 0.497 e. The maximum Gasteiger partial charge on any atom is 0.341 e. The second-order valence-electron chi connectivity index (χ2n) is 7.57. The molecule has 2 amide bonds. The van der Waals surface area contributed by atoms with E-state index in [1.165, 1.54) is 14.2 Å². The molecule has 10 heteroatoms. The Morgan fingerprint density at radius 3 is 2.17 bits per heavy atom. The molecule has 2 N–H and O–H groups in total. The molecule has 0 bridgehead atoms. The van der Waals surface area contributed by atoms with Crippen LogP contribution in [0.4, 0.5) is 10.7 Å². The van der Waals surface area contributed by atoms with Crippen LogP contribution >= 0.6 is 11.3 Å². The van der Waals surface area contributed by atoms with Crippen molar-refractivity contribution in [1.82, 2.24) is 0 Å². The molecule has 0 aliphatic heterocycles. The first-order valence-corrected chi connectivity index (χ1v) is 11.9. The van der Waals surface area contributed by atoms with Crippen LogP contribution in [0.2, 0.25) is 0 Å². The minimum Gasteiger partial charge on any atom is -0.497 e.